The van der Waals surface area contributed by atoms with E-state index in [-0.39, 0.29) is 17.9 Å². The molecule has 0 radical (unpaired) electrons. The summed E-state index contributed by atoms with van der Waals surface area (Å²) in [4.78, 5) is 22.8. The number of aromatic carboxylic acids is 1. The van der Waals surface area contributed by atoms with Gasteiger partial charge in [-0.25, -0.2) is 4.79 Å². The van der Waals surface area contributed by atoms with Crippen LogP contribution in [0.3, 0.4) is 0 Å². The minimum absolute atomic E-state index is 0.115. The molecule has 0 aromatic heterocycles. The Hall–Kier alpha value is -3.02. The first kappa shape index (κ1) is 18.3. The normalized spacial score (nSPS) is 10.2. The molecule has 0 aliphatic heterocycles. The molecule has 6 nitrogen and oxygen atoms in total. The average molecular weight is 343 g/mol. The van der Waals surface area contributed by atoms with Crippen molar-refractivity contribution in [3.63, 3.8) is 0 Å². The molecule has 2 aromatic rings. The fraction of sp³-hybridized carbons (Fsp3) is 0.263. The van der Waals surface area contributed by atoms with Crippen molar-refractivity contribution in [1.29, 1.82) is 0 Å². The molecule has 0 unspecified atom stereocenters. The molecule has 0 atom stereocenters. The van der Waals surface area contributed by atoms with E-state index in [1.165, 1.54) is 12.1 Å². The summed E-state index contributed by atoms with van der Waals surface area (Å²) in [6, 6.07) is 11.9. The van der Waals surface area contributed by atoms with E-state index in [1.54, 1.807) is 32.4 Å². The van der Waals surface area contributed by atoms with Crippen molar-refractivity contribution in [1.82, 2.24) is 5.32 Å². The fourth-order valence-electron chi connectivity index (χ4n) is 2.41. The van der Waals surface area contributed by atoms with Gasteiger partial charge in [0.05, 0.1) is 26.2 Å². The molecule has 2 aromatic carbocycles. The number of methoxy groups -OCH3 is 2. The zero-order valence-corrected chi connectivity index (χ0v) is 14.2. The van der Waals surface area contributed by atoms with Crippen LogP contribution in [0.15, 0.2) is 42.5 Å². The van der Waals surface area contributed by atoms with Crippen molar-refractivity contribution in [2.24, 2.45) is 0 Å². The van der Waals surface area contributed by atoms with E-state index in [0.717, 1.165) is 22.6 Å². The summed E-state index contributed by atoms with van der Waals surface area (Å²) < 4.78 is 10.5. The van der Waals surface area contributed by atoms with E-state index in [9.17, 15) is 9.59 Å². The third-order valence-electron chi connectivity index (χ3n) is 3.78. The molecule has 2 N–H and O–H groups in total. The van der Waals surface area contributed by atoms with E-state index in [4.69, 9.17) is 14.6 Å². The molecule has 0 fully saturated rings. The van der Waals surface area contributed by atoms with Gasteiger partial charge in [-0.3, -0.25) is 4.79 Å². The molecule has 0 spiro atoms. The zero-order valence-electron chi connectivity index (χ0n) is 14.2. The highest BCUT2D eigenvalue weighted by Crippen LogP contribution is 2.24. The maximum absolute atomic E-state index is 12.0. The van der Waals surface area contributed by atoms with Crippen LogP contribution in [0.25, 0.3) is 0 Å². The Balaban J connectivity index is 1.85. The number of hydrogen-bond acceptors (Lipinski definition) is 4. The molecular weight excluding hydrogens is 322 g/mol. The predicted octanol–water partition coefficient (Wildman–Crippen LogP) is 2.30. The number of amides is 1. The standard InChI is InChI=1S/C19H21NO5/c1-24-16-8-7-14(17(12-16)25-2)9-10-20-18(21)11-13-3-5-15(6-4-13)19(22)23/h3-8,12H,9-11H2,1-2H3,(H,20,21)(H,22,23). The van der Waals surface area contributed by atoms with Crippen LogP contribution in [-0.4, -0.2) is 37.7 Å². The van der Waals surface area contributed by atoms with Crippen molar-refractivity contribution in [2.75, 3.05) is 20.8 Å². The lowest BCUT2D eigenvalue weighted by Crippen LogP contribution is -2.27. The quantitative estimate of drug-likeness (QED) is 0.768. The maximum atomic E-state index is 12.0. The van der Waals surface area contributed by atoms with Gasteiger partial charge in [0, 0.05) is 12.6 Å². The molecule has 25 heavy (non-hydrogen) atoms. The van der Waals surface area contributed by atoms with Gasteiger partial charge in [0.15, 0.2) is 0 Å². The predicted molar refractivity (Wildman–Crippen MR) is 93.4 cm³/mol. The molecule has 0 aliphatic rings. The molecule has 0 aliphatic carbocycles. The summed E-state index contributed by atoms with van der Waals surface area (Å²) in [5.74, 6) is 0.340. The van der Waals surface area contributed by atoms with Gasteiger partial charge >= 0.3 is 5.97 Å². The van der Waals surface area contributed by atoms with Crippen molar-refractivity contribution in [2.45, 2.75) is 12.8 Å². The van der Waals surface area contributed by atoms with Gasteiger partial charge in [-0.05, 0) is 35.7 Å². The lowest BCUT2D eigenvalue weighted by atomic mass is 10.1. The molecule has 0 saturated heterocycles. The van der Waals surface area contributed by atoms with Gasteiger partial charge < -0.3 is 19.9 Å². The number of carboxylic acids is 1. The smallest absolute Gasteiger partial charge is 0.335 e. The summed E-state index contributed by atoms with van der Waals surface area (Å²) in [6.07, 6.45) is 0.844. The molecular formula is C19H21NO5. The second kappa shape index (κ2) is 8.73. The molecule has 0 saturated carbocycles. The van der Waals surface area contributed by atoms with Crippen molar-refractivity contribution < 1.29 is 24.2 Å². The highest BCUT2D eigenvalue weighted by Gasteiger charge is 2.08. The van der Waals surface area contributed by atoms with Gasteiger partial charge in [0.1, 0.15) is 11.5 Å². The monoisotopic (exact) mass is 343 g/mol. The first-order valence-electron chi connectivity index (χ1n) is 7.83. The molecule has 0 bridgehead atoms. The van der Waals surface area contributed by atoms with Gasteiger partial charge in [-0.2, -0.15) is 0 Å². The van der Waals surface area contributed by atoms with Gasteiger partial charge in [-0.1, -0.05) is 18.2 Å². The Bertz CT molecular complexity index is 740. The van der Waals surface area contributed by atoms with E-state index in [1.807, 2.05) is 12.1 Å². The number of carbonyl (C=O) groups is 2. The highest BCUT2D eigenvalue weighted by molar-refractivity contribution is 5.87. The molecule has 2 rings (SSSR count). The number of carboxylic acid groups (broad SMARTS) is 1. The topological polar surface area (TPSA) is 84.9 Å². The number of nitrogens with one attached hydrogen (secondary N) is 1. The highest BCUT2D eigenvalue weighted by atomic mass is 16.5. The largest absolute Gasteiger partial charge is 0.497 e. The van der Waals surface area contributed by atoms with Crippen LogP contribution in [0.4, 0.5) is 0 Å². The Labute approximate surface area is 146 Å². The Morgan fingerprint density at radius 3 is 2.36 bits per heavy atom. The Morgan fingerprint density at radius 1 is 1.04 bits per heavy atom. The zero-order chi connectivity index (χ0) is 18.2. The van der Waals surface area contributed by atoms with Gasteiger partial charge in [-0.15, -0.1) is 0 Å². The van der Waals surface area contributed by atoms with E-state index in [0.29, 0.717) is 13.0 Å². The molecule has 0 heterocycles. The maximum Gasteiger partial charge on any atom is 0.335 e. The number of hydrogen-bond donors (Lipinski definition) is 2. The van der Waals surface area contributed by atoms with Gasteiger partial charge in [0.2, 0.25) is 5.91 Å². The second-order valence-corrected chi connectivity index (χ2v) is 5.46. The van der Waals surface area contributed by atoms with Crippen LogP contribution >= 0.6 is 0 Å². The first-order valence-corrected chi connectivity index (χ1v) is 7.83. The van der Waals surface area contributed by atoms with Crippen molar-refractivity contribution in [3.8, 4) is 11.5 Å². The summed E-state index contributed by atoms with van der Waals surface area (Å²) >= 11 is 0. The van der Waals surface area contributed by atoms with Crippen molar-refractivity contribution in [3.05, 3.63) is 59.2 Å². The first-order chi connectivity index (χ1) is 12.0. The summed E-state index contributed by atoms with van der Waals surface area (Å²) in [7, 11) is 3.19. The second-order valence-electron chi connectivity index (χ2n) is 5.46. The van der Waals surface area contributed by atoms with E-state index < -0.39 is 5.97 Å². The number of carbonyl (C=O) groups excluding carboxylic acids is 1. The lowest BCUT2D eigenvalue weighted by Gasteiger charge is -2.11. The van der Waals surface area contributed by atoms with E-state index >= 15 is 0 Å². The minimum atomic E-state index is -0.982. The minimum Gasteiger partial charge on any atom is -0.497 e. The third-order valence-corrected chi connectivity index (χ3v) is 3.78. The van der Waals surface area contributed by atoms with Crippen LogP contribution in [0.5, 0.6) is 11.5 Å². The fourth-order valence-corrected chi connectivity index (χ4v) is 2.41. The number of benzene rings is 2. The number of rotatable bonds is 8. The summed E-state index contributed by atoms with van der Waals surface area (Å²) in [6.45, 7) is 0.481. The Kier molecular flexibility index (Phi) is 6.39. The van der Waals surface area contributed by atoms with E-state index in [2.05, 4.69) is 5.32 Å². The average Bonchev–Trinajstić information content (AvgIpc) is 2.62. The van der Waals surface area contributed by atoms with Crippen LogP contribution in [-0.2, 0) is 17.6 Å². The summed E-state index contributed by atoms with van der Waals surface area (Å²) in [5, 5.41) is 11.7. The Morgan fingerprint density at radius 2 is 1.76 bits per heavy atom. The third kappa shape index (κ3) is 5.24. The van der Waals surface area contributed by atoms with Crippen LogP contribution in [0, 0.1) is 0 Å². The SMILES string of the molecule is COc1ccc(CCNC(=O)Cc2ccc(C(=O)O)cc2)c(OC)c1. The summed E-state index contributed by atoms with van der Waals surface area (Å²) in [5.41, 5.74) is 1.95. The van der Waals surface area contributed by atoms with Crippen LogP contribution < -0.4 is 14.8 Å². The van der Waals surface area contributed by atoms with Gasteiger partial charge in [0.25, 0.3) is 0 Å². The van der Waals surface area contributed by atoms with Crippen LogP contribution in [0.2, 0.25) is 0 Å². The molecule has 1 amide bonds. The van der Waals surface area contributed by atoms with Crippen molar-refractivity contribution >= 4 is 11.9 Å². The molecule has 132 valence electrons. The molecule has 6 heteroatoms. The number of ether oxygens (including phenoxy) is 2. The lowest BCUT2D eigenvalue weighted by molar-refractivity contribution is -0.120. The van der Waals surface area contributed by atoms with Crippen LogP contribution in [0.1, 0.15) is 21.5 Å².